The average Bonchev–Trinajstić information content (AvgIpc) is 2.36. The Morgan fingerprint density at radius 1 is 1.05 bits per heavy atom. The Morgan fingerprint density at radius 3 is 2.27 bits per heavy atom. The first-order valence-corrected chi connectivity index (χ1v) is 8.02. The highest BCUT2D eigenvalue weighted by molar-refractivity contribution is 9.10. The first kappa shape index (κ1) is 16.8. The fourth-order valence-corrected chi connectivity index (χ4v) is 3.73. The van der Waals surface area contributed by atoms with Crippen molar-refractivity contribution in [3.05, 3.63) is 58.3 Å². The van der Waals surface area contributed by atoms with E-state index in [4.69, 9.17) is 0 Å². The number of hydrogen-bond acceptors (Lipinski definition) is 2. The number of rotatable bonds is 3. The maximum absolute atomic E-state index is 13.3. The minimum Gasteiger partial charge on any atom is -0.279 e. The molecule has 0 heterocycles. The van der Waals surface area contributed by atoms with Crippen molar-refractivity contribution in [2.75, 3.05) is 4.72 Å². The summed E-state index contributed by atoms with van der Waals surface area (Å²) < 4.78 is 77.6. The first-order chi connectivity index (χ1) is 10.1. The highest BCUT2D eigenvalue weighted by atomic mass is 79.9. The van der Waals surface area contributed by atoms with E-state index in [0.29, 0.717) is 12.1 Å². The SMILES string of the molecule is O=S(=O)(Nc1cc(F)cc(C(F)(F)F)c1)c1ccccc1Br. The first-order valence-electron chi connectivity index (χ1n) is 5.75. The molecule has 0 aliphatic rings. The normalized spacial score (nSPS) is 12.2. The van der Waals surface area contributed by atoms with Crippen LogP contribution in [0.4, 0.5) is 23.2 Å². The number of hydrogen-bond donors (Lipinski definition) is 1. The molecule has 0 fully saturated rings. The van der Waals surface area contributed by atoms with Crippen LogP contribution < -0.4 is 4.72 Å². The number of alkyl halides is 3. The molecule has 3 nitrogen and oxygen atoms in total. The lowest BCUT2D eigenvalue weighted by Crippen LogP contribution is -2.15. The number of anilines is 1. The Hall–Kier alpha value is -1.61. The molecule has 0 amide bonds. The van der Waals surface area contributed by atoms with E-state index in [1.54, 1.807) is 6.07 Å². The predicted octanol–water partition coefficient (Wildman–Crippen LogP) is 4.41. The van der Waals surface area contributed by atoms with Crippen molar-refractivity contribution in [3.8, 4) is 0 Å². The quantitative estimate of drug-likeness (QED) is 0.779. The summed E-state index contributed by atoms with van der Waals surface area (Å²) in [5, 5.41) is 0. The van der Waals surface area contributed by atoms with E-state index in [1.165, 1.54) is 18.2 Å². The molecule has 2 aromatic carbocycles. The van der Waals surface area contributed by atoms with Crippen LogP contribution in [0.2, 0.25) is 0 Å². The molecular weight excluding hydrogens is 390 g/mol. The van der Waals surface area contributed by atoms with Gasteiger partial charge in [0.15, 0.2) is 0 Å². The zero-order chi connectivity index (χ0) is 16.5. The number of sulfonamides is 1. The van der Waals surface area contributed by atoms with Crippen molar-refractivity contribution in [2.24, 2.45) is 0 Å². The number of halogens is 5. The Morgan fingerprint density at radius 2 is 1.68 bits per heavy atom. The number of nitrogens with one attached hydrogen (secondary N) is 1. The van der Waals surface area contributed by atoms with Gasteiger partial charge in [-0.2, -0.15) is 13.2 Å². The lowest BCUT2D eigenvalue weighted by Gasteiger charge is -2.12. The third-order valence-corrected chi connectivity index (χ3v) is 5.00. The second kappa shape index (κ2) is 5.88. The minimum atomic E-state index is -4.78. The topological polar surface area (TPSA) is 46.2 Å². The van der Waals surface area contributed by atoms with Crippen LogP contribution in [-0.2, 0) is 16.2 Å². The van der Waals surface area contributed by atoms with Gasteiger partial charge in [0.2, 0.25) is 0 Å². The fraction of sp³-hybridized carbons (Fsp3) is 0.0769. The van der Waals surface area contributed by atoms with Crippen molar-refractivity contribution in [1.82, 2.24) is 0 Å². The molecule has 1 N–H and O–H groups in total. The lowest BCUT2D eigenvalue weighted by atomic mass is 10.2. The van der Waals surface area contributed by atoms with Crippen LogP contribution in [0.5, 0.6) is 0 Å². The highest BCUT2D eigenvalue weighted by Crippen LogP contribution is 2.32. The van der Waals surface area contributed by atoms with Gasteiger partial charge in [0.1, 0.15) is 10.7 Å². The van der Waals surface area contributed by atoms with Crippen LogP contribution in [0.25, 0.3) is 0 Å². The molecule has 0 unspecified atom stereocenters. The van der Waals surface area contributed by atoms with Crippen LogP contribution in [-0.4, -0.2) is 8.42 Å². The van der Waals surface area contributed by atoms with Gasteiger partial charge in [0.25, 0.3) is 10.0 Å². The van der Waals surface area contributed by atoms with Gasteiger partial charge in [-0.3, -0.25) is 4.72 Å². The Kier molecular flexibility index (Phi) is 4.48. The van der Waals surface area contributed by atoms with Crippen molar-refractivity contribution in [1.29, 1.82) is 0 Å². The van der Waals surface area contributed by atoms with Gasteiger partial charge in [-0.1, -0.05) is 12.1 Å². The van der Waals surface area contributed by atoms with E-state index in [9.17, 15) is 26.0 Å². The van der Waals surface area contributed by atoms with E-state index in [2.05, 4.69) is 15.9 Å². The summed E-state index contributed by atoms with van der Waals surface area (Å²) in [4.78, 5) is -0.173. The molecule has 0 saturated carbocycles. The molecule has 9 heteroatoms. The number of benzene rings is 2. The van der Waals surface area contributed by atoms with E-state index >= 15 is 0 Å². The molecule has 2 aromatic rings. The molecule has 0 radical (unpaired) electrons. The van der Waals surface area contributed by atoms with E-state index in [0.717, 1.165) is 0 Å². The van der Waals surface area contributed by atoms with Gasteiger partial charge in [-0.15, -0.1) is 0 Å². The zero-order valence-corrected chi connectivity index (χ0v) is 13.1. The summed E-state index contributed by atoms with van der Waals surface area (Å²) in [5.74, 6) is -1.19. The molecule has 2 rings (SSSR count). The molecule has 0 bridgehead atoms. The van der Waals surface area contributed by atoms with Crippen molar-refractivity contribution in [3.63, 3.8) is 0 Å². The third-order valence-electron chi connectivity index (χ3n) is 2.60. The van der Waals surface area contributed by atoms with Gasteiger partial charge in [0.05, 0.1) is 11.3 Å². The minimum absolute atomic E-state index is 0.173. The van der Waals surface area contributed by atoms with Crippen molar-refractivity contribution in [2.45, 2.75) is 11.1 Å². The largest absolute Gasteiger partial charge is 0.416 e. The highest BCUT2D eigenvalue weighted by Gasteiger charge is 2.32. The van der Waals surface area contributed by atoms with Crippen LogP contribution in [0, 0.1) is 5.82 Å². The summed E-state index contributed by atoms with van der Waals surface area (Å²) in [6.45, 7) is 0. The second-order valence-corrected chi connectivity index (χ2v) is 6.77. The summed E-state index contributed by atoms with van der Waals surface area (Å²) >= 11 is 3.03. The van der Waals surface area contributed by atoms with Crippen LogP contribution >= 0.6 is 15.9 Å². The van der Waals surface area contributed by atoms with E-state index in [-0.39, 0.29) is 15.4 Å². The molecule has 0 atom stereocenters. The van der Waals surface area contributed by atoms with Crippen molar-refractivity contribution >= 4 is 31.6 Å². The van der Waals surface area contributed by atoms with Crippen LogP contribution in [0.3, 0.4) is 0 Å². The molecule has 118 valence electrons. The molecule has 0 saturated heterocycles. The summed E-state index contributed by atoms with van der Waals surface area (Å²) in [6.07, 6.45) is -4.78. The zero-order valence-electron chi connectivity index (χ0n) is 10.7. The molecular formula is C13H8BrF4NO2S. The monoisotopic (exact) mass is 397 g/mol. The van der Waals surface area contributed by atoms with E-state index in [1.807, 2.05) is 4.72 Å². The van der Waals surface area contributed by atoms with Crippen LogP contribution in [0.15, 0.2) is 51.8 Å². The molecule has 0 aromatic heterocycles. The van der Waals surface area contributed by atoms with Gasteiger partial charge in [-0.05, 0) is 46.3 Å². The second-order valence-electron chi connectivity index (χ2n) is 4.26. The Labute approximate surface area is 132 Å². The molecule has 0 spiro atoms. The fourth-order valence-electron chi connectivity index (χ4n) is 1.69. The van der Waals surface area contributed by atoms with Crippen LogP contribution in [0.1, 0.15) is 5.56 Å². The third kappa shape index (κ3) is 3.77. The standard InChI is InChI=1S/C13H8BrF4NO2S/c14-11-3-1-2-4-12(11)22(20,21)19-10-6-8(13(16,17)18)5-9(15)7-10/h1-7,19H. The molecule has 0 aliphatic carbocycles. The van der Waals surface area contributed by atoms with Gasteiger partial charge in [-0.25, -0.2) is 12.8 Å². The lowest BCUT2D eigenvalue weighted by molar-refractivity contribution is -0.137. The Balaban J connectivity index is 2.43. The van der Waals surface area contributed by atoms with Gasteiger partial charge < -0.3 is 0 Å². The summed E-state index contributed by atoms with van der Waals surface area (Å²) in [5.41, 5.74) is -1.79. The average molecular weight is 398 g/mol. The van der Waals surface area contributed by atoms with Gasteiger partial charge >= 0.3 is 6.18 Å². The predicted molar refractivity (Wildman–Crippen MR) is 76.4 cm³/mol. The summed E-state index contributed by atoms with van der Waals surface area (Å²) in [7, 11) is -4.15. The maximum atomic E-state index is 13.3. The smallest absolute Gasteiger partial charge is 0.279 e. The van der Waals surface area contributed by atoms with Gasteiger partial charge in [0, 0.05) is 4.47 Å². The molecule has 22 heavy (non-hydrogen) atoms. The van der Waals surface area contributed by atoms with Crippen molar-refractivity contribution < 1.29 is 26.0 Å². The van der Waals surface area contributed by atoms with E-state index < -0.39 is 33.3 Å². The summed E-state index contributed by atoms with van der Waals surface area (Å²) in [6, 6.07) is 7.23. The molecule has 0 aliphatic heterocycles. The maximum Gasteiger partial charge on any atom is 0.416 e. The Bertz CT molecular complexity index is 806.